The van der Waals surface area contributed by atoms with Crippen LogP contribution in [0.2, 0.25) is 0 Å². The van der Waals surface area contributed by atoms with Gasteiger partial charge in [0.2, 0.25) is 0 Å². The van der Waals surface area contributed by atoms with Crippen molar-refractivity contribution in [2.75, 3.05) is 5.43 Å². The summed E-state index contributed by atoms with van der Waals surface area (Å²) in [6.07, 6.45) is 0. The van der Waals surface area contributed by atoms with Crippen LogP contribution in [0, 0.1) is 0 Å². The van der Waals surface area contributed by atoms with Crippen LogP contribution in [0.15, 0.2) is 71.6 Å². The Labute approximate surface area is 144 Å². The molecule has 8 heteroatoms. The van der Waals surface area contributed by atoms with Crippen LogP contribution in [0.25, 0.3) is 10.8 Å². The van der Waals surface area contributed by atoms with E-state index in [0.717, 1.165) is 11.8 Å². The molecule has 0 spiro atoms. The van der Waals surface area contributed by atoms with Gasteiger partial charge in [-0.2, -0.15) is 8.42 Å². The van der Waals surface area contributed by atoms with Crippen molar-refractivity contribution in [3.63, 3.8) is 0 Å². The molecule has 5 N–H and O–H groups in total. The number of hydrazine groups is 1. The molecule has 7 nitrogen and oxygen atoms in total. The Kier molecular flexibility index (Phi) is 5.71. The van der Waals surface area contributed by atoms with Gasteiger partial charge >= 0.3 is 5.97 Å². The number of para-hydroxylation sites is 1. The number of hydrogen-bond acceptors (Lipinski definition) is 5. The number of carboxylic acid groups (broad SMARTS) is 1. The molecule has 130 valence electrons. The summed E-state index contributed by atoms with van der Waals surface area (Å²) in [5.74, 6) is 3.85. The number of benzene rings is 3. The molecule has 0 aromatic heterocycles. The van der Waals surface area contributed by atoms with E-state index in [1.807, 2.05) is 30.3 Å². The Balaban J connectivity index is 0.000000236. The van der Waals surface area contributed by atoms with Gasteiger partial charge < -0.3 is 10.5 Å². The maximum Gasteiger partial charge on any atom is 0.335 e. The third kappa shape index (κ3) is 4.77. The highest BCUT2D eigenvalue weighted by molar-refractivity contribution is 7.86. The average Bonchev–Trinajstić information content (AvgIpc) is 2.61. The molecule has 0 fully saturated rings. The summed E-state index contributed by atoms with van der Waals surface area (Å²) in [7, 11) is -4.45. The number of hydrogen-bond donors (Lipinski definition) is 4. The molecule has 0 atom stereocenters. The van der Waals surface area contributed by atoms with Gasteiger partial charge in [0.05, 0.1) is 5.56 Å². The van der Waals surface area contributed by atoms with Crippen molar-refractivity contribution in [3.8, 4) is 0 Å². The van der Waals surface area contributed by atoms with Crippen LogP contribution < -0.4 is 11.3 Å². The highest BCUT2D eigenvalue weighted by Gasteiger charge is 2.17. The number of fused-ring (bicyclic) bond motifs is 1. The summed E-state index contributed by atoms with van der Waals surface area (Å²) < 4.78 is 31.4. The lowest BCUT2D eigenvalue weighted by Gasteiger charge is -2.05. The first-order valence-corrected chi connectivity index (χ1v) is 8.52. The lowest BCUT2D eigenvalue weighted by atomic mass is 10.1. The molecule has 0 radical (unpaired) electrons. The largest absolute Gasteiger partial charge is 0.478 e. The third-order valence-electron chi connectivity index (χ3n) is 3.29. The third-order valence-corrected chi connectivity index (χ3v) is 4.18. The minimum Gasteiger partial charge on any atom is -0.478 e. The number of nitrogens with two attached hydrogens (primary N) is 1. The van der Waals surface area contributed by atoms with Crippen molar-refractivity contribution in [2.45, 2.75) is 4.90 Å². The fourth-order valence-corrected chi connectivity index (χ4v) is 2.89. The maximum atomic E-state index is 11.2. The highest BCUT2D eigenvalue weighted by atomic mass is 32.2. The van der Waals surface area contributed by atoms with E-state index in [-0.39, 0.29) is 5.56 Å². The molecule has 0 aliphatic carbocycles. The van der Waals surface area contributed by atoms with Gasteiger partial charge in [0.15, 0.2) is 0 Å². The Hall–Kier alpha value is -2.94. The molecule has 0 aliphatic heterocycles. The first-order valence-electron chi connectivity index (χ1n) is 7.08. The first-order chi connectivity index (χ1) is 11.8. The Morgan fingerprint density at radius 1 is 0.960 bits per heavy atom. The van der Waals surface area contributed by atoms with Crippen LogP contribution in [-0.2, 0) is 10.1 Å². The van der Waals surface area contributed by atoms with E-state index in [0.29, 0.717) is 10.8 Å². The zero-order valence-corrected chi connectivity index (χ0v) is 13.8. The molecule has 3 aromatic carbocycles. The first kappa shape index (κ1) is 18.4. The number of nitrogen functional groups attached to an aromatic ring is 1. The van der Waals surface area contributed by atoms with Gasteiger partial charge in [0, 0.05) is 11.1 Å². The predicted molar refractivity (Wildman–Crippen MR) is 95.0 cm³/mol. The lowest BCUT2D eigenvalue weighted by Crippen LogP contribution is -2.05. The van der Waals surface area contributed by atoms with E-state index >= 15 is 0 Å². The molecular weight excluding hydrogens is 344 g/mol. The summed E-state index contributed by atoms with van der Waals surface area (Å²) in [5.41, 5.74) is 3.28. The van der Waals surface area contributed by atoms with Crippen LogP contribution in [0.3, 0.4) is 0 Å². The normalized spacial score (nSPS) is 10.6. The number of carboxylic acids is 1. The zero-order valence-electron chi connectivity index (χ0n) is 13.0. The van der Waals surface area contributed by atoms with Crippen molar-refractivity contribution >= 4 is 32.5 Å². The van der Waals surface area contributed by atoms with Crippen molar-refractivity contribution in [3.05, 3.63) is 72.3 Å². The molecule has 0 amide bonds. The fourth-order valence-electron chi connectivity index (χ4n) is 2.15. The van der Waals surface area contributed by atoms with E-state index in [2.05, 4.69) is 5.43 Å². The van der Waals surface area contributed by atoms with Crippen molar-refractivity contribution < 1.29 is 22.9 Å². The van der Waals surface area contributed by atoms with Crippen LogP contribution in [0.1, 0.15) is 10.4 Å². The summed E-state index contributed by atoms with van der Waals surface area (Å²) >= 11 is 0. The summed E-state index contributed by atoms with van der Waals surface area (Å²) in [4.78, 5) is 10.5. The van der Waals surface area contributed by atoms with Crippen LogP contribution >= 0.6 is 0 Å². The van der Waals surface area contributed by atoms with Crippen LogP contribution in [-0.4, -0.2) is 24.0 Å². The molecule has 0 saturated heterocycles. The number of carbonyl (C=O) groups is 1. The lowest BCUT2D eigenvalue weighted by molar-refractivity contribution is 0.0697. The molecule has 0 heterocycles. The molecular formula is C17H16N2O5S. The van der Waals surface area contributed by atoms with Gasteiger partial charge in [-0.25, -0.2) is 4.79 Å². The SMILES string of the molecule is NNc1ccccc1.O=C(O)c1cc(S(=O)(=O)O)c2ccccc2c1. The molecule has 0 unspecified atom stereocenters. The molecule has 0 saturated carbocycles. The summed E-state index contributed by atoms with van der Waals surface area (Å²) in [6, 6.07) is 18.2. The number of aromatic carboxylic acids is 1. The second-order valence-corrected chi connectivity index (χ2v) is 6.38. The molecule has 0 bridgehead atoms. The summed E-state index contributed by atoms with van der Waals surface area (Å²) in [5, 5.41) is 9.59. The monoisotopic (exact) mass is 360 g/mol. The van der Waals surface area contributed by atoms with Gasteiger partial charge in [-0.15, -0.1) is 0 Å². The van der Waals surface area contributed by atoms with Gasteiger partial charge in [-0.1, -0.05) is 42.5 Å². The van der Waals surface area contributed by atoms with Gasteiger partial charge in [-0.3, -0.25) is 10.4 Å². The maximum absolute atomic E-state index is 11.2. The number of nitrogens with one attached hydrogen (secondary N) is 1. The smallest absolute Gasteiger partial charge is 0.335 e. The van der Waals surface area contributed by atoms with Crippen LogP contribution in [0.5, 0.6) is 0 Å². The van der Waals surface area contributed by atoms with E-state index in [1.165, 1.54) is 12.1 Å². The van der Waals surface area contributed by atoms with E-state index in [9.17, 15) is 13.2 Å². The second kappa shape index (κ2) is 7.75. The molecule has 3 aromatic rings. The molecule has 0 aliphatic rings. The predicted octanol–water partition coefficient (Wildman–Crippen LogP) is 2.76. The molecule has 25 heavy (non-hydrogen) atoms. The standard InChI is InChI=1S/C11H8O5S.C6H8N2/c12-11(13)8-5-7-3-1-2-4-9(7)10(6-8)17(14,15)16;7-8-6-4-2-1-3-5-6/h1-6H,(H,12,13)(H,14,15,16);1-5,8H,7H2. The summed E-state index contributed by atoms with van der Waals surface area (Å²) in [6.45, 7) is 0. The van der Waals surface area contributed by atoms with Gasteiger partial charge in [-0.05, 0) is 29.7 Å². The fraction of sp³-hybridized carbons (Fsp3) is 0. The van der Waals surface area contributed by atoms with E-state index < -0.39 is 21.0 Å². The zero-order chi connectivity index (χ0) is 18.4. The molecule has 3 rings (SSSR count). The Morgan fingerprint density at radius 3 is 2.08 bits per heavy atom. The van der Waals surface area contributed by atoms with Gasteiger partial charge in [0.1, 0.15) is 4.90 Å². The van der Waals surface area contributed by atoms with E-state index in [4.69, 9.17) is 15.5 Å². The van der Waals surface area contributed by atoms with Crippen LogP contribution in [0.4, 0.5) is 5.69 Å². The topological polar surface area (TPSA) is 130 Å². The van der Waals surface area contributed by atoms with Crippen molar-refractivity contribution in [2.24, 2.45) is 5.84 Å². The average molecular weight is 360 g/mol. The minimum absolute atomic E-state index is 0.184. The number of rotatable bonds is 3. The van der Waals surface area contributed by atoms with Crippen molar-refractivity contribution in [1.29, 1.82) is 0 Å². The van der Waals surface area contributed by atoms with Crippen molar-refractivity contribution in [1.82, 2.24) is 0 Å². The Morgan fingerprint density at radius 2 is 1.56 bits per heavy atom. The quantitative estimate of drug-likeness (QED) is 0.321. The van der Waals surface area contributed by atoms with Gasteiger partial charge in [0.25, 0.3) is 10.1 Å². The minimum atomic E-state index is -4.45. The van der Waals surface area contributed by atoms with E-state index in [1.54, 1.807) is 18.2 Å². The number of anilines is 1. The highest BCUT2D eigenvalue weighted by Crippen LogP contribution is 2.24. The Bertz CT molecular complexity index is 988. The second-order valence-electron chi connectivity index (χ2n) is 4.99.